The first-order valence-corrected chi connectivity index (χ1v) is 11.4. The number of hydrogen-bond acceptors (Lipinski definition) is 4. The number of sulfonamides is 1. The normalized spacial score (nSPS) is 18.2. The van der Waals surface area contributed by atoms with Gasteiger partial charge in [0.1, 0.15) is 10.3 Å². The number of aryl methyl sites for hydroxylation is 1. The van der Waals surface area contributed by atoms with Gasteiger partial charge in [0, 0.05) is 24.2 Å². The Morgan fingerprint density at radius 1 is 1.26 bits per heavy atom. The Morgan fingerprint density at radius 2 is 2.00 bits per heavy atom. The molecule has 3 rings (SSSR count). The molecule has 1 atom stereocenters. The molecule has 0 saturated carbocycles. The van der Waals surface area contributed by atoms with E-state index in [1.807, 2.05) is 31.2 Å². The largest absolute Gasteiger partial charge is 0.314 e. The van der Waals surface area contributed by atoms with Gasteiger partial charge in [-0.25, -0.2) is 8.42 Å². The Labute approximate surface area is 165 Å². The third-order valence-electron chi connectivity index (χ3n) is 5.02. The van der Waals surface area contributed by atoms with Gasteiger partial charge in [-0.15, -0.1) is 11.3 Å². The molecule has 1 fully saturated rings. The van der Waals surface area contributed by atoms with Crippen LogP contribution in [0.5, 0.6) is 0 Å². The van der Waals surface area contributed by atoms with E-state index in [1.54, 1.807) is 24.1 Å². The van der Waals surface area contributed by atoms with E-state index in [2.05, 4.69) is 13.8 Å². The summed E-state index contributed by atoms with van der Waals surface area (Å²) >= 11 is 1.25. The molecule has 2 heterocycles. The van der Waals surface area contributed by atoms with Crippen LogP contribution in [0.15, 0.2) is 40.6 Å². The minimum atomic E-state index is -3.65. The lowest BCUT2D eigenvalue weighted by Crippen LogP contribution is -2.46. The summed E-state index contributed by atoms with van der Waals surface area (Å²) in [6.45, 7) is 6.48. The maximum Gasteiger partial charge on any atom is 0.253 e. The molecular formula is C20H26N2O3S2. The molecule has 0 N–H and O–H groups in total. The second kappa shape index (κ2) is 7.73. The number of benzene rings is 1. The van der Waals surface area contributed by atoms with Crippen molar-refractivity contribution in [3.63, 3.8) is 0 Å². The summed E-state index contributed by atoms with van der Waals surface area (Å²) in [5.41, 5.74) is 1.94. The second-order valence-corrected chi connectivity index (χ2v) is 10.7. The van der Waals surface area contributed by atoms with E-state index in [-0.39, 0.29) is 5.91 Å². The Bertz CT molecular complexity index is 934. The van der Waals surface area contributed by atoms with E-state index < -0.39 is 16.1 Å². The van der Waals surface area contributed by atoms with Crippen molar-refractivity contribution < 1.29 is 13.2 Å². The van der Waals surface area contributed by atoms with Crippen molar-refractivity contribution >= 4 is 33.0 Å². The van der Waals surface area contributed by atoms with Crippen LogP contribution in [0.25, 0.3) is 0 Å². The quantitative estimate of drug-likeness (QED) is 0.754. The van der Waals surface area contributed by atoms with Crippen LogP contribution in [0.4, 0.5) is 5.69 Å². The molecule has 1 unspecified atom stereocenters. The van der Waals surface area contributed by atoms with Gasteiger partial charge in [-0.05, 0) is 55.5 Å². The van der Waals surface area contributed by atoms with Crippen LogP contribution in [0, 0.1) is 6.92 Å². The molecule has 1 saturated heterocycles. The maximum atomic E-state index is 13.1. The van der Waals surface area contributed by atoms with Gasteiger partial charge in [0.15, 0.2) is 0 Å². The van der Waals surface area contributed by atoms with Gasteiger partial charge in [0.05, 0.1) is 0 Å². The molecule has 0 aliphatic carbocycles. The number of rotatable bonds is 5. The molecule has 1 aliphatic heterocycles. The van der Waals surface area contributed by atoms with Crippen molar-refractivity contribution in [2.45, 2.75) is 49.8 Å². The molecule has 1 aliphatic rings. The van der Waals surface area contributed by atoms with Gasteiger partial charge >= 0.3 is 0 Å². The van der Waals surface area contributed by atoms with Crippen molar-refractivity contribution in [3.05, 3.63) is 46.8 Å². The molecule has 1 aromatic carbocycles. The Hall–Kier alpha value is -1.70. The molecule has 1 aromatic heterocycles. The summed E-state index contributed by atoms with van der Waals surface area (Å²) < 4.78 is 27.7. The minimum absolute atomic E-state index is 0.176. The third-order valence-corrected chi connectivity index (χ3v) is 8.40. The summed E-state index contributed by atoms with van der Waals surface area (Å²) in [6, 6.07) is 10.6. The molecule has 146 valence electrons. The number of carbonyl (C=O) groups is 1. The molecule has 1 amide bonds. The average molecular weight is 407 g/mol. The zero-order valence-electron chi connectivity index (χ0n) is 16.2. The zero-order chi connectivity index (χ0) is 19.8. The number of amides is 1. The fourth-order valence-electron chi connectivity index (χ4n) is 3.38. The number of nitrogens with zero attached hydrogens (tertiary/aromatic N) is 2. The maximum absolute atomic E-state index is 13.1. The van der Waals surface area contributed by atoms with Crippen molar-refractivity contribution in [2.75, 3.05) is 18.5 Å². The van der Waals surface area contributed by atoms with Crippen molar-refractivity contribution in [1.82, 2.24) is 4.31 Å². The number of likely N-dealkylation sites (N-methyl/N-ethyl adjacent to an activating group) is 1. The van der Waals surface area contributed by atoms with Crippen LogP contribution in [0.1, 0.15) is 43.0 Å². The molecule has 0 bridgehead atoms. The molecule has 5 nitrogen and oxygen atoms in total. The first-order chi connectivity index (χ1) is 12.7. The fourth-order valence-corrected chi connectivity index (χ4v) is 6.45. The lowest BCUT2D eigenvalue weighted by atomic mass is 10.0. The standard InChI is InChI=1S/C20H26N2O3S2/c1-14(2)16-7-5-8-17(13-16)21(4)20(23)18-9-6-12-22(18)27(24,25)19-11-10-15(3)26-19/h5,7-8,10-11,13-14,18H,6,9,12H2,1-4H3. The summed E-state index contributed by atoms with van der Waals surface area (Å²) in [6.07, 6.45) is 1.25. The van der Waals surface area contributed by atoms with Crippen LogP contribution < -0.4 is 4.90 Å². The third kappa shape index (κ3) is 3.95. The molecular weight excluding hydrogens is 380 g/mol. The summed E-state index contributed by atoms with van der Waals surface area (Å²) in [5.74, 6) is 0.184. The first-order valence-electron chi connectivity index (χ1n) is 9.17. The van der Waals surface area contributed by atoms with E-state index in [0.717, 1.165) is 16.1 Å². The predicted molar refractivity (Wildman–Crippen MR) is 110 cm³/mol. The molecule has 27 heavy (non-hydrogen) atoms. The van der Waals surface area contributed by atoms with Crippen molar-refractivity contribution in [2.24, 2.45) is 0 Å². The smallest absolute Gasteiger partial charge is 0.253 e. The van der Waals surface area contributed by atoms with Crippen LogP contribution >= 0.6 is 11.3 Å². The zero-order valence-corrected chi connectivity index (χ0v) is 17.8. The molecule has 0 radical (unpaired) electrons. The van der Waals surface area contributed by atoms with E-state index in [0.29, 0.717) is 29.5 Å². The highest BCUT2D eigenvalue weighted by molar-refractivity contribution is 7.91. The topological polar surface area (TPSA) is 57.7 Å². The first kappa shape index (κ1) is 20.0. The summed E-state index contributed by atoms with van der Waals surface area (Å²) in [4.78, 5) is 15.7. The van der Waals surface area contributed by atoms with Gasteiger partial charge < -0.3 is 4.90 Å². The van der Waals surface area contributed by atoms with E-state index in [1.165, 1.54) is 15.6 Å². The number of carbonyl (C=O) groups excluding carboxylic acids is 1. The Balaban J connectivity index is 1.86. The average Bonchev–Trinajstić information content (AvgIpc) is 3.30. The predicted octanol–water partition coefficient (Wildman–Crippen LogP) is 4.00. The van der Waals surface area contributed by atoms with Crippen molar-refractivity contribution in [1.29, 1.82) is 0 Å². The molecule has 2 aromatic rings. The van der Waals surface area contributed by atoms with Gasteiger partial charge in [-0.3, -0.25) is 4.79 Å². The second-order valence-electron chi connectivity index (χ2n) is 7.29. The number of hydrogen-bond donors (Lipinski definition) is 0. The van der Waals surface area contributed by atoms with Crippen LogP contribution in [0.2, 0.25) is 0 Å². The van der Waals surface area contributed by atoms with Gasteiger partial charge in [-0.2, -0.15) is 4.31 Å². The van der Waals surface area contributed by atoms with Gasteiger partial charge in [-0.1, -0.05) is 26.0 Å². The summed E-state index contributed by atoms with van der Waals surface area (Å²) in [5, 5.41) is 0. The fraction of sp³-hybridized carbons (Fsp3) is 0.450. The van der Waals surface area contributed by atoms with Crippen LogP contribution in [0.3, 0.4) is 0 Å². The lowest BCUT2D eigenvalue weighted by Gasteiger charge is -2.27. The highest BCUT2D eigenvalue weighted by Crippen LogP contribution is 2.31. The molecule has 7 heteroatoms. The van der Waals surface area contributed by atoms with Crippen LogP contribution in [-0.4, -0.2) is 38.3 Å². The Morgan fingerprint density at radius 3 is 2.63 bits per heavy atom. The van der Waals surface area contributed by atoms with Gasteiger partial charge in [0.2, 0.25) is 5.91 Å². The van der Waals surface area contributed by atoms with Crippen LogP contribution in [-0.2, 0) is 14.8 Å². The minimum Gasteiger partial charge on any atom is -0.314 e. The summed E-state index contributed by atoms with van der Waals surface area (Å²) in [7, 11) is -1.92. The monoisotopic (exact) mass is 406 g/mol. The van der Waals surface area contributed by atoms with E-state index in [9.17, 15) is 13.2 Å². The highest BCUT2D eigenvalue weighted by Gasteiger charge is 2.41. The van der Waals surface area contributed by atoms with Gasteiger partial charge in [0.25, 0.3) is 10.0 Å². The number of thiophene rings is 1. The van der Waals surface area contributed by atoms with E-state index in [4.69, 9.17) is 0 Å². The Kier molecular flexibility index (Phi) is 5.74. The lowest BCUT2D eigenvalue weighted by molar-refractivity contribution is -0.121. The van der Waals surface area contributed by atoms with E-state index >= 15 is 0 Å². The highest BCUT2D eigenvalue weighted by atomic mass is 32.2. The molecule has 0 spiro atoms. The number of anilines is 1. The SMILES string of the molecule is Cc1ccc(S(=O)(=O)N2CCCC2C(=O)N(C)c2cccc(C(C)C)c2)s1. The van der Waals surface area contributed by atoms with Crippen molar-refractivity contribution in [3.8, 4) is 0 Å².